The molecule has 3 aromatic carbocycles. The molecular formula is C30H37BrN2O2. The molecule has 4 nitrogen and oxygen atoms in total. The van der Waals surface area contributed by atoms with Crippen LogP contribution in [0.4, 0.5) is 0 Å². The topological polar surface area (TPSA) is 24.9 Å². The second-order valence-corrected chi connectivity index (χ2v) is 10.5. The minimum atomic E-state index is 0.739. The van der Waals surface area contributed by atoms with Gasteiger partial charge in [-0.2, -0.15) is 0 Å². The monoisotopic (exact) mass is 536 g/mol. The Hall–Kier alpha value is -2.34. The molecule has 3 aromatic rings. The molecule has 0 aliphatic carbocycles. The molecule has 1 aliphatic rings. The van der Waals surface area contributed by atoms with Gasteiger partial charge in [0.2, 0.25) is 0 Å². The van der Waals surface area contributed by atoms with Gasteiger partial charge in [0.15, 0.2) is 0 Å². The third-order valence-corrected chi connectivity index (χ3v) is 7.44. The summed E-state index contributed by atoms with van der Waals surface area (Å²) in [7, 11) is 5.95. The highest BCUT2D eigenvalue weighted by Gasteiger charge is 2.12. The Morgan fingerprint density at radius 1 is 0.886 bits per heavy atom. The van der Waals surface area contributed by atoms with Crippen molar-refractivity contribution in [2.45, 2.75) is 25.7 Å². The third-order valence-electron chi connectivity index (χ3n) is 6.70. The first-order chi connectivity index (χ1) is 17.0. The van der Waals surface area contributed by atoms with Gasteiger partial charge >= 0.3 is 0 Å². The Bertz CT molecular complexity index is 1090. The summed E-state index contributed by atoms with van der Waals surface area (Å²) in [6.07, 6.45) is 4.53. The number of hydrogen-bond donors (Lipinski definition) is 0. The van der Waals surface area contributed by atoms with Crippen molar-refractivity contribution in [2.24, 2.45) is 0 Å². The van der Waals surface area contributed by atoms with Gasteiger partial charge in [-0.15, -0.1) is 0 Å². The summed E-state index contributed by atoms with van der Waals surface area (Å²) in [6, 6.07) is 21.6. The summed E-state index contributed by atoms with van der Waals surface area (Å²) in [5, 5.41) is 0. The smallest absolute Gasteiger partial charge is 0.119 e. The van der Waals surface area contributed by atoms with Crippen LogP contribution in [-0.2, 0) is 12.8 Å². The molecule has 35 heavy (non-hydrogen) atoms. The number of likely N-dealkylation sites (tertiary alicyclic amines) is 1. The minimum Gasteiger partial charge on any atom is -0.497 e. The van der Waals surface area contributed by atoms with Gasteiger partial charge in [-0.05, 0) is 111 Å². The van der Waals surface area contributed by atoms with E-state index in [1.807, 2.05) is 0 Å². The van der Waals surface area contributed by atoms with Crippen molar-refractivity contribution in [3.05, 3.63) is 81.8 Å². The molecule has 0 unspecified atom stereocenters. The highest BCUT2D eigenvalue weighted by molar-refractivity contribution is 9.10. The van der Waals surface area contributed by atoms with Crippen molar-refractivity contribution in [3.63, 3.8) is 0 Å². The summed E-state index contributed by atoms with van der Waals surface area (Å²) >= 11 is 3.79. The Labute approximate surface area is 219 Å². The number of rotatable bonds is 11. The molecule has 0 amide bonds. The maximum absolute atomic E-state index is 6.01. The number of methoxy groups -OCH3 is 1. The van der Waals surface area contributed by atoms with Crippen molar-refractivity contribution >= 4 is 15.9 Å². The van der Waals surface area contributed by atoms with Crippen LogP contribution in [0.3, 0.4) is 0 Å². The van der Waals surface area contributed by atoms with E-state index in [9.17, 15) is 0 Å². The Kier molecular flexibility index (Phi) is 9.25. The molecule has 1 fully saturated rings. The average Bonchev–Trinajstić information content (AvgIpc) is 3.38. The number of hydrogen-bond acceptors (Lipinski definition) is 4. The lowest BCUT2D eigenvalue weighted by Crippen LogP contribution is -2.25. The SMILES string of the molecule is COc1ccc(Cc2ccc(CCN(C)C)c(Br)c2)c(-c2ccc(OCCN3CCCC3)cc2)c1. The fourth-order valence-corrected chi connectivity index (χ4v) is 5.23. The second-order valence-electron chi connectivity index (χ2n) is 9.60. The van der Waals surface area contributed by atoms with Gasteiger partial charge in [-0.25, -0.2) is 0 Å². The van der Waals surface area contributed by atoms with E-state index < -0.39 is 0 Å². The molecule has 1 aliphatic heterocycles. The van der Waals surface area contributed by atoms with E-state index in [1.54, 1.807) is 7.11 Å². The maximum Gasteiger partial charge on any atom is 0.119 e. The predicted molar refractivity (Wildman–Crippen MR) is 149 cm³/mol. The molecule has 186 valence electrons. The van der Waals surface area contributed by atoms with Crippen LogP contribution < -0.4 is 9.47 Å². The molecule has 0 radical (unpaired) electrons. The van der Waals surface area contributed by atoms with E-state index in [2.05, 4.69) is 100 Å². The number of halogens is 1. The van der Waals surface area contributed by atoms with Crippen LogP contribution in [0.2, 0.25) is 0 Å². The van der Waals surface area contributed by atoms with E-state index in [0.29, 0.717) is 0 Å². The van der Waals surface area contributed by atoms with Crippen LogP contribution in [0.25, 0.3) is 11.1 Å². The second kappa shape index (κ2) is 12.6. The molecule has 0 bridgehead atoms. The fourth-order valence-electron chi connectivity index (χ4n) is 4.60. The van der Waals surface area contributed by atoms with Gasteiger partial charge in [0.05, 0.1) is 7.11 Å². The van der Waals surface area contributed by atoms with Crippen LogP contribution in [0.15, 0.2) is 65.1 Å². The Morgan fingerprint density at radius 2 is 1.60 bits per heavy atom. The third kappa shape index (κ3) is 7.33. The molecule has 0 atom stereocenters. The van der Waals surface area contributed by atoms with Crippen molar-refractivity contribution < 1.29 is 9.47 Å². The standard InChI is InChI=1S/C30H37BrN2O2/c1-32(2)17-14-25-7-6-23(21-30(25)31)20-26-10-13-28(34-3)22-29(26)24-8-11-27(12-9-24)35-19-18-33-15-4-5-16-33/h6-13,21-22H,4-5,14-20H2,1-3H3. The normalized spacial score (nSPS) is 14.0. The van der Waals surface area contributed by atoms with Gasteiger partial charge in [-0.1, -0.05) is 46.3 Å². The van der Waals surface area contributed by atoms with Crippen LogP contribution >= 0.6 is 15.9 Å². The quantitative estimate of drug-likeness (QED) is 0.287. The predicted octanol–water partition coefficient (Wildman–Crippen LogP) is 6.29. The molecule has 5 heteroatoms. The van der Waals surface area contributed by atoms with E-state index in [0.717, 1.165) is 44.0 Å². The lowest BCUT2D eigenvalue weighted by molar-refractivity contribution is 0.238. The number of likely N-dealkylation sites (N-methyl/N-ethyl adjacent to an activating group) is 1. The van der Waals surface area contributed by atoms with Crippen molar-refractivity contribution in [1.29, 1.82) is 0 Å². The first-order valence-electron chi connectivity index (χ1n) is 12.6. The minimum absolute atomic E-state index is 0.739. The van der Waals surface area contributed by atoms with Gasteiger partial charge in [0, 0.05) is 17.6 Å². The number of ether oxygens (including phenoxy) is 2. The lowest BCUT2D eigenvalue weighted by atomic mass is 9.94. The van der Waals surface area contributed by atoms with Crippen molar-refractivity contribution in [3.8, 4) is 22.6 Å². The van der Waals surface area contributed by atoms with Gasteiger partial charge in [-0.3, -0.25) is 4.90 Å². The molecule has 1 saturated heterocycles. The lowest BCUT2D eigenvalue weighted by Gasteiger charge is -2.16. The van der Waals surface area contributed by atoms with E-state index in [-0.39, 0.29) is 0 Å². The molecule has 0 N–H and O–H groups in total. The molecule has 0 saturated carbocycles. The molecule has 0 spiro atoms. The fraction of sp³-hybridized carbons (Fsp3) is 0.400. The maximum atomic E-state index is 6.01. The zero-order chi connectivity index (χ0) is 24.6. The van der Waals surface area contributed by atoms with Gasteiger partial charge < -0.3 is 14.4 Å². The van der Waals surface area contributed by atoms with E-state index >= 15 is 0 Å². The number of benzene rings is 3. The van der Waals surface area contributed by atoms with Gasteiger partial charge in [0.1, 0.15) is 18.1 Å². The number of nitrogens with zero attached hydrogens (tertiary/aromatic N) is 2. The van der Waals surface area contributed by atoms with Crippen LogP contribution in [0, 0.1) is 0 Å². The van der Waals surface area contributed by atoms with E-state index in [1.165, 1.54) is 58.2 Å². The summed E-state index contributed by atoms with van der Waals surface area (Å²) < 4.78 is 12.7. The van der Waals surface area contributed by atoms with Crippen molar-refractivity contribution in [2.75, 3.05) is 54.0 Å². The van der Waals surface area contributed by atoms with E-state index in [4.69, 9.17) is 9.47 Å². The zero-order valence-corrected chi connectivity index (χ0v) is 22.8. The largest absolute Gasteiger partial charge is 0.497 e. The van der Waals surface area contributed by atoms with Crippen LogP contribution in [-0.4, -0.2) is 63.8 Å². The summed E-state index contributed by atoms with van der Waals surface area (Å²) in [4.78, 5) is 4.69. The summed E-state index contributed by atoms with van der Waals surface area (Å²) in [5.74, 6) is 1.80. The van der Waals surface area contributed by atoms with Gasteiger partial charge in [0.25, 0.3) is 0 Å². The molecular weight excluding hydrogens is 500 g/mol. The molecule has 1 heterocycles. The first kappa shape index (κ1) is 25.7. The Balaban J connectivity index is 1.47. The molecule has 4 rings (SSSR count). The highest BCUT2D eigenvalue weighted by Crippen LogP contribution is 2.32. The van der Waals surface area contributed by atoms with Crippen molar-refractivity contribution in [1.82, 2.24) is 9.80 Å². The summed E-state index contributed by atoms with van der Waals surface area (Å²) in [5.41, 5.74) is 6.28. The summed E-state index contributed by atoms with van der Waals surface area (Å²) in [6.45, 7) is 5.19. The average molecular weight is 538 g/mol. The molecule has 0 aromatic heterocycles. The van der Waals surface area contributed by atoms with Crippen LogP contribution in [0.5, 0.6) is 11.5 Å². The first-order valence-corrected chi connectivity index (χ1v) is 13.4. The zero-order valence-electron chi connectivity index (χ0n) is 21.2. The highest BCUT2D eigenvalue weighted by atomic mass is 79.9. The Morgan fingerprint density at radius 3 is 2.29 bits per heavy atom. The van der Waals surface area contributed by atoms with Crippen LogP contribution in [0.1, 0.15) is 29.5 Å².